The van der Waals surface area contributed by atoms with E-state index in [1.165, 1.54) is 24.3 Å². The lowest BCUT2D eigenvalue weighted by atomic mass is 10.1. The van der Waals surface area contributed by atoms with Crippen LogP contribution >= 0.6 is 0 Å². The van der Waals surface area contributed by atoms with Gasteiger partial charge in [0, 0.05) is 31.2 Å². The molecule has 2 fully saturated rings. The van der Waals surface area contributed by atoms with E-state index in [2.05, 4.69) is 17.3 Å². The Bertz CT molecular complexity index is 717. The van der Waals surface area contributed by atoms with E-state index in [9.17, 15) is 22.8 Å². The standard InChI is InChI=1S/C19H22F3N3O2/c1-24-15-7-8-16(24)12-25(11-15)18(27)10-23-17(26)9-4-13-2-5-14(6-3-13)19(20,21)22/h2-6,9,15-16H,7-8,10-12H2,1H3,(H,23,26)/b9-4+/t15-,16+. The SMILES string of the molecule is CN1[C@@H]2CC[C@H]1CN(C(=O)CNC(=O)/C=C/c1ccc(C(F)(F)F)cc1)C2. The van der Waals surface area contributed by atoms with E-state index in [1.54, 1.807) is 4.90 Å². The summed E-state index contributed by atoms with van der Waals surface area (Å²) in [4.78, 5) is 28.3. The van der Waals surface area contributed by atoms with Crippen molar-refractivity contribution >= 4 is 17.9 Å². The second-order valence-electron chi connectivity index (χ2n) is 7.02. The van der Waals surface area contributed by atoms with Crippen molar-refractivity contribution in [1.29, 1.82) is 0 Å². The first-order valence-electron chi connectivity index (χ1n) is 8.87. The van der Waals surface area contributed by atoms with Crippen molar-refractivity contribution in [3.05, 3.63) is 41.5 Å². The van der Waals surface area contributed by atoms with Gasteiger partial charge in [-0.3, -0.25) is 14.5 Å². The molecule has 0 aromatic heterocycles. The quantitative estimate of drug-likeness (QED) is 0.813. The Morgan fingerprint density at radius 1 is 1.15 bits per heavy atom. The van der Waals surface area contributed by atoms with Crippen LogP contribution in [0.5, 0.6) is 0 Å². The predicted molar refractivity (Wildman–Crippen MR) is 94.6 cm³/mol. The first kappa shape index (κ1) is 19.4. The van der Waals surface area contributed by atoms with Crippen molar-refractivity contribution in [2.45, 2.75) is 31.1 Å². The van der Waals surface area contributed by atoms with Gasteiger partial charge in [-0.25, -0.2) is 0 Å². The van der Waals surface area contributed by atoms with Crippen molar-refractivity contribution in [2.75, 3.05) is 26.7 Å². The van der Waals surface area contributed by atoms with Crippen LogP contribution < -0.4 is 5.32 Å². The number of alkyl halides is 3. The smallest absolute Gasteiger partial charge is 0.343 e. The zero-order valence-corrected chi connectivity index (χ0v) is 15.0. The molecule has 2 atom stereocenters. The lowest BCUT2D eigenvalue weighted by Gasteiger charge is -2.38. The number of halogens is 3. The van der Waals surface area contributed by atoms with Crippen molar-refractivity contribution in [3.8, 4) is 0 Å². The van der Waals surface area contributed by atoms with E-state index in [0.717, 1.165) is 25.0 Å². The summed E-state index contributed by atoms with van der Waals surface area (Å²) in [6.07, 6.45) is 0.419. The number of nitrogens with zero attached hydrogens (tertiary/aromatic N) is 2. The molecule has 27 heavy (non-hydrogen) atoms. The molecule has 2 bridgehead atoms. The molecule has 2 aliphatic heterocycles. The molecule has 3 rings (SSSR count). The van der Waals surface area contributed by atoms with Crippen LogP contribution in [0.15, 0.2) is 30.3 Å². The van der Waals surface area contributed by atoms with Gasteiger partial charge < -0.3 is 10.2 Å². The Balaban J connectivity index is 1.47. The van der Waals surface area contributed by atoms with Gasteiger partial charge in [0.15, 0.2) is 0 Å². The number of carbonyl (C=O) groups excluding carboxylic acids is 2. The first-order valence-corrected chi connectivity index (χ1v) is 8.87. The molecule has 0 spiro atoms. The summed E-state index contributed by atoms with van der Waals surface area (Å²) in [6, 6.07) is 5.28. The highest BCUT2D eigenvalue weighted by atomic mass is 19.4. The topological polar surface area (TPSA) is 52.6 Å². The van der Waals surface area contributed by atoms with Gasteiger partial charge >= 0.3 is 6.18 Å². The van der Waals surface area contributed by atoms with Crippen molar-refractivity contribution in [3.63, 3.8) is 0 Å². The minimum Gasteiger partial charge on any atom is -0.343 e. The molecule has 2 heterocycles. The largest absolute Gasteiger partial charge is 0.416 e. The fourth-order valence-corrected chi connectivity index (χ4v) is 3.61. The van der Waals surface area contributed by atoms with Crippen LogP contribution in [0, 0.1) is 0 Å². The fraction of sp³-hybridized carbons (Fsp3) is 0.474. The Morgan fingerprint density at radius 3 is 2.30 bits per heavy atom. The van der Waals surface area contributed by atoms with E-state index in [0.29, 0.717) is 30.7 Å². The normalized spacial score (nSPS) is 23.0. The van der Waals surface area contributed by atoms with Crippen molar-refractivity contribution in [1.82, 2.24) is 15.1 Å². The fourth-order valence-electron chi connectivity index (χ4n) is 3.61. The van der Waals surface area contributed by atoms with E-state index in [4.69, 9.17) is 0 Å². The number of amides is 2. The number of carbonyl (C=O) groups is 2. The Kier molecular flexibility index (Phi) is 5.55. The molecule has 2 aliphatic rings. The van der Waals surface area contributed by atoms with Gasteiger partial charge in [0.25, 0.3) is 0 Å². The first-order chi connectivity index (χ1) is 12.7. The molecule has 1 N–H and O–H groups in total. The van der Waals surface area contributed by atoms with E-state index in [-0.39, 0.29) is 12.5 Å². The van der Waals surface area contributed by atoms with Crippen molar-refractivity contribution < 1.29 is 22.8 Å². The summed E-state index contributed by atoms with van der Waals surface area (Å²) >= 11 is 0. The Labute approximate surface area is 155 Å². The Morgan fingerprint density at radius 2 is 1.74 bits per heavy atom. The highest BCUT2D eigenvalue weighted by molar-refractivity contribution is 5.94. The Hall–Kier alpha value is -2.35. The molecule has 0 unspecified atom stereocenters. The monoisotopic (exact) mass is 381 g/mol. The third-order valence-corrected chi connectivity index (χ3v) is 5.28. The maximum absolute atomic E-state index is 12.5. The van der Waals surface area contributed by atoms with Gasteiger partial charge in [-0.1, -0.05) is 12.1 Å². The van der Waals surface area contributed by atoms with Crippen molar-refractivity contribution in [2.24, 2.45) is 0 Å². The summed E-state index contributed by atoms with van der Waals surface area (Å²) in [6.45, 7) is 1.28. The van der Waals surface area contributed by atoms with Gasteiger partial charge in [0.2, 0.25) is 11.8 Å². The number of nitrogens with one attached hydrogen (secondary N) is 1. The highest BCUT2D eigenvalue weighted by Gasteiger charge is 2.38. The van der Waals surface area contributed by atoms with Crippen LogP contribution in [0.4, 0.5) is 13.2 Å². The van der Waals surface area contributed by atoms with Crippen LogP contribution in [0.25, 0.3) is 6.08 Å². The van der Waals surface area contributed by atoms with Gasteiger partial charge in [0.1, 0.15) is 0 Å². The minimum atomic E-state index is -4.39. The van der Waals surface area contributed by atoms with Gasteiger partial charge in [-0.05, 0) is 43.7 Å². The third-order valence-electron chi connectivity index (χ3n) is 5.28. The molecule has 1 aromatic carbocycles. The molecule has 2 saturated heterocycles. The summed E-state index contributed by atoms with van der Waals surface area (Å²) < 4.78 is 37.5. The highest BCUT2D eigenvalue weighted by Crippen LogP contribution is 2.29. The predicted octanol–water partition coefficient (Wildman–Crippen LogP) is 2.14. The molecule has 1 aromatic rings. The van der Waals surface area contributed by atoms with Gasteiger partial charge in [-0.2, -0.15) is 13.2 Å². The molecule has 146 valence electrons. The lowest BCUT2D eigenvalue weighted by molar-refractivity contribution is -0.137. The summed E-state index contributed by atoms with van der Waals surface area (Å²) in [5.41, 5.74) is -0.268. The summed E-state index contributed by atoms with van der Waals surface area (Å²) in [5.74, 6) is -0.573. The molecule has 5 nitrogen and oxygen atoms in total. The number of hydrogen-bond acceptors (Lipinski definition) is 3. The number of hydrogen-bond donors (Lipinski definition) is 1. The third kappa shape index (κ3) is 4.68. The zero-order valence-electron chi connectivity index (χ0n) is 15.0. The molecular formula is C19H22F3N3O2. The number of fused-ring (bicyclic) bond motifs is 2. The maximum atomic E-state index is 12.5. The van der Waals surface area contributed by atoms with Crippen LogP contribution in [0.3, 0.4) is 0 Å². The molecule has 0 radical (unpaired) electrons. The second kappa shape index (κ2) is 7.72. The second-order valence-corrected chi connectivity index (χ2v) is 7.02. The van der Waals surface area contributed by atoms with Crippen LogP contribution in [0.1, 0.15) is 24.0 Å². The van der Waals surface area contributed by atoms with Crippen LogP contribution in [-0.4, -0.2) is 60.4 Å². The number of likely N-dealkylation sites (N-methyl/N-ethyl adjacent to an activating group) is 1. The number of rotatable bonds is 4. The number of piperazine rings is 1. The summed E-state index contributed by atoms with van der Waals surface area (Å²) in [5, 5.41) is 2.54. The number of benzene rings is 1. The van der Waals surface area contributed by atoms with Crippen LogP contribution in [0.2, 0.25) is 0 Å². The molecule has 8 heteroatoms. The average molecular weight is 381 g/mol. The molecule has 2 amide bonds. The van der Waals surface area contributed by atoms with E-state index >= 15 is 0 Å². The average Bonchev–Trinajstić information content (AvgIpc) is 2.84. The van der Waals surface area contributed by atoms with E-state index < -0.39 is 17.6 Å². The van der Waals surface area contributed by atoms with Gasteiger partial charge in [0.05, 0.1) is 12.1 Å². The minimum absolute atomic E-state index is 0.0840. The van der Waals surface area contributed by atoms with Crippen LogP contribution in [-0.2, 0) is 15.8 Å². The van der Waals surface area contributed by atoms with Gasteiger partial charge in [-0.15, -0.1) is 0 Å². The molecule has 0 saturated carbocycles. The van der Waals surface area contributed by atoms with E-state index in [1.807, 2.05) is 0 Å². The lowest BCUT2D eigenvalue weighted by Crippen LogP contribution is -2.55. The number of likely N-dealkylation sites (tertiary alicyclic amines) is 1. The molecule has 0 aliphatic carbocycles. The zero-order chi connectivity index (χ0) is 19.6. The summed E-state index contributed by atoms with van der Waals surface area (Å²) in [7, 11) is 2.08. The maximum Gasteiger partial charge on any atom is 0.416 e. The molecular weight excluding hydrogens is 359 g/mol.